The Kier molecular flexibility index (Phi) is 6.52. The molecule has 0 atom stereocenters. The number of nitrogens with one attached hydrogen (secondary N) is 1. The Morgan fingerprint density at radius 2 is 2.10 bits per heavy atom. The van der Waals surface area contributed by atoms with Crippen LogP contribution in [0.25, 0.3) is 0 Å². The van der Waals surface area contributed by atoms with Crippen LogP contribution in [0.4, 0.5) is 0 Å². The first kappa shape index (κ1) is 16.3. The lowest BCUT2D eigenvalue weighted by atomic mass is 10.1. The van der Waals surface area contributed by atoms with Gasteiger partial charge in [-0.3, -0.25) is 4.90 Å². The van der Waals surface area contributed by atoms with E-state index >= 15 is 0 Å². The zero-order chi connectivity index (χ0) is 15.1. The fourth-order valence-corrected chi connectivity index (χ4v) is 2.79. The zero-order valence-electron chi connectivity index (χ0n) is 13.8. The number of rotatable bonds is 10. The molecule has 3 nitrogen and oxygen atoms in total. The van der Waals surface area contributed by atoms with Gasteiger partial charge in [0.25, 0.3) is 0 Å². The molecule has 1 aliphatic rings. The third-order valence-corrected chi connectivity index (χ3v) is 4.07. The van der Waals surface area contributed by atoms with E-state index < -0.39 is 0 Å². The van der Waals surface area contributed by atoms with Crippen LogP contribution < -0.4 is 10.1 Å². The molecule has 0 bridgehead atoms. The molecule has 3 heteroatoms. The van der Waals surface area contributed by atoms with Gasteiger partial charge in [-0.15, -0.1) is 0 Å². The first-order valence-corrected chi connectivity index (χ1v) is 8.35. The Hall–Kier alpha value is -1.06. The van der Waals surface area contributed by atoms with E-state index in [0.29, 0.717) is 0 Å². The minimum absolute atomic E-state index is 0.934. The molecule has 1 fully saturated rings. The van der Waals surface area contributed by atoms with Crippen LogP contribution in [-0.2, 0) is 13.1 Å². The standard InChI is InChI=1S/C18H30N2O/c1-4-10-20(13-15-6-7-15)14-17-11-16(12-19-5-2)8-9-18(17)21-3/h8-9,11,15,19H,4-7,10,12-14H2,1-3H3. The average molecular weight is 290 g/mol. The molecule has 1 aliphatic carbocycles. The van der Waals surface area contributed by atoms with E-state index in [9.17, 15) is 0 Å². The third kappa shape index (κ3) is 5.33. The van der Waals surface area contributed by atoms with Crippen LogP contribution in [0.2, 0.25) is 0 Å². The van der Waals surface area contributed by atoms with Crippen molar-refractivity contribution in [2.24, 2.45) is 5.92 Å². The van der Waals surface area contributed by atoms with Crippen LogP contribution in [0, 0.1) is 5.92 Å². The van der Waals surface area contributed by atoms with Crippen LogP contribution >= 0.6 is 0 Å². The van der Waals surface area contributed by atoms with E-state index in [-0.39, 0.29) is 0 Å². The van der Waals surface area contributed by atoms with Gasteiger partial charge in [-0.05, 0) is 56.0 Å². The summed E-state index contributed by atoms with van der Waals surface area (Å²) in [5.74, 6) is 1.96. The largest absolute Gasteiger partial charge is 0.496 e. The molecule has 0 saturated heterocycles. The Bertz CT molecular complexity index is 429. The first-order valence-electron chi connectivity index (χ1n) is 8.35. The summed E-state index contributed by atoms with van der Waals surface area (Å²) in [6.07, 6.45) is 4.04. The van der Waals surface area contributed by atoms with Gasteiger partial charge < -0.3 is 10.1 Å². The van der Waals surface area contributed by atoms with Gasteiger partial charge >= 0.3 is 0 Å². The lowest BCUT2D eigenvalue weighted by Crippen LogP contribution is -2.26. The van der Waals surface area contributed by atoms with Crippen molar-refractivity contribution in [3.63, 3.8) is 0 Å². The van der Waals surface area contributed by atoms with Gasteiger partial charge in [0, 0.05) is 25.2 Å². The van der Waals surface area contributed by atoms with Gasteiger partial charge in [0.05, 0.1) is 7.11 Å². The molecule has 1 N–H and O–H groups in total. The summed E-state index contributed by atoms with van der Waals surface area (Å²) >= 11 is 0. The van der Waals surface area contributed by atoms with Crippen molar-refractivity contribution in [2.75, 3.05) is 26.7 Å². The summed E-state index contributed by atoms with van der Waals surface area (Å²) in [4.78, 5) is 2.59. The predicted molar refractivity (Wildman–Crippen MR) is 88.7 cm³/mol. The highest BCUT2D eigenvalue weighted by molar-refractivity contribution is 5.37. The van der Waals surface area contributed by atoms with E-state index in [0.717, 1.165) is 31.3 Å². The topological polar surface area (TPSA) is 24.5 Å². The van der Waals surface area contributed by atoms with E-state index in [4.69, 9.17) is 4.74 Å². The number of hydrogen-bond donors (Lipinski definition) is 1. The first-order chi connectivity index (χ1) is 10.3. The smallest absolute Gasteiger partial charge is 0.123 e. The Balaban J connectivity index is 2.06. The lowest BCUT2D eigenvalue weighted by molar-refractivity contribution is 0.251. The second-order valence-corrected chi connectivity index (χ2v) is 6.11. The molecule has 1 aromatic rings. The van der Waals surface area contributed by atoms with E-state index in [1.807, 2.05) is 0 Å². The average Bonchev–Trinajstić information content (AvgIpc) is 3.29. The third-order valence-electron chi connectivity index (χ3n) is 4.07. The van der Waals surface area contributed by atoms with Crippen LogP contribution in [-0.4, -0.2) is 31.6 Å². The van der Waals surface area contributed by atoms with Gasteiger partial charge in [-0.2, -0.15) is 0 Å². The molecule has 0 aliphatic heterocycles. The summed E-state index contributed by atoms with van der Waals surface area (Å²) in [7, 11) is 1.77. The minimum Gasteiger partial charge on any atom is -0.496 e. The van der Waals surface area contributed by atoms with Gasteiger partial charge in [-0.25, -0.2) is 0 Å². The fraction of sp³-hybridized carbons (Fsp3) is 0.667. The summed E-state index contributed by atoms with van der Waals surface area (Å²) in [5.41, 5.74) is 2.66. The second-order valence-electron chi connectivity index (χ2n) is 6.11. The monoisotopic (exact) mass is 290 g/mol. The van der Waals surface area contributed by atoms with Crippen molar-refractivity contribution in [2.45, 2.75) is 46.2 Å². The summed E-state index contributed by atoms with van der Waals surface area (Å²) in [5, 5.41) is 3.40. The molecule has 0 spiro atoms. The van der Waals surface area contributed by atoms with Gasteiger partial charge in [0.1, 0.15) is 5.75 Å². The SMILES string of the molecule is CCCN(Cc1cc(CNCC)ccc1OC)CC1CC1. The molecule has 118 valence electrons. The van der Waals surface area contributed by atoms with Crippen molar-refractivity contribution in [1.29, 1.82) is 0 Å². The molecule has 0 amide bonds. The molecule has 2 rings (SSSR count). The maximum Gasteiger partial charge on any atom is 0.123 e. The lowest BCUT2D eigenvalue weighted by Gasteiger charge is -2.23. The minimum atomic E-state index is 0.934. The van der Waals surface area contributed by atoms with E-state index in [1.54, 1.807) is 7.11 Å². The van der Waals surface area contributed by atoms with E-state index in [1.165, 1.54) is 43.5 Å². The summed E-state index contributed by atoms with van der Waals surface area (Å²) in [6, 6.07) is 6.58. The van der Waals surface area contributed by atoms with Crippen LogP contribution in [0.1, 0.15) is 44.2 Å². The van der Waals surface area contributed by atoms with Crippen molar-refractivity contribution < 1.29 is 4.74 Å². The van der Waals surface area contributed by atoms with Crippen molar-refractivity contribution >= 4 is 0 Å². The molecule has 21 heavy (non-hydrogen) atoms. The van der Waals surface area contributed by atoms with Crippen LogP contribution in [0.3, 0.4) is 0 Å². The molecular formula is C18H30N2O. The highest BCUT2D eigenvalue weighted by atomic mass is 16.5. The quantitative estimate of drug-likeness (QED) is 0.714. The Labute approximate surface area is 129 Å². The van der Waals surface area contributed by atoms with Crippen molar-refractivity contribution in [3.8, 4) is 5.75 Å². The molecule has 0 aromatic heterocycles. The van der Waals surface area contributed by atoms with Gasteiger partial charge in [-0.1, -0.05) is 19.9 Å². The molecule has 1 aromatic carbocycles. The fourth-order valence-electron chi connectivity index (χ4n) is 2.79. The zero-order valence-corrected chi connectivity index (χ0v) is 13.8. The molecule has 0 unspecified atom stereocenters. The van der Waals surface area contributed by atoms with Crippen LogP contribution in [0.5, 0.6) is 5.75 Å². The molecule has 0 heterocycles. The summed E-state index contributed by atoms with van der Waals surface area (Å²) in [6.45, 7) is 9.77. The summed E-state index contributed by atoms with van der Waals surface area (Å²) < 4.78 is 5.56. The number of benzene rings is 1. The van der Waals surface area contributed by atoms with E-state index in [2.05, 4.69) is 42.3 Å². The van der Waals surface area contributed by atoms with Crippen molar-refractivity contribution in [1.82, 2.24) is 10.2 Å². The Morgan fingerprint density at radius 1 is 1.29 bits per heavy atom. The number of ether oxygens (including phenoxy) is 1. The number of methoxy groups -OCH3 is 1. The second kappa shape index (κ2) is 8.40. The number of hydrogen-bond acceptors (Lipinski definition) is 3. The van der Waals surface area contributed by atoms with Gasteiger partial charge in [0.2, 0.25) is 0 Å². The Morgan fingerprint density at radius 3 is 2.71 bits per heavy atom. The highest BCUT2D eigenvalue weighted by Crippen LogP contribution is 2.31. The normalized spacial score (nSPS) is 14.7. The van der Waals surface area contributed by atoms with Gasteiger partial charge in [0.15, 0.2) is 0 Å². The maximum atomic E-state index is 5.56. The maximum absolute atomic E-state index is 5.56. The molecular weight excluding hydrogens is 260 g/mol. The highest BCUT2D eigenvalue weighted by Gasteiger charge is 2.24. The van der Waals surface area contributed by atoms with Crippen molar-refractivity contribution in [3.05, 3.63) is 29.3 Å². The molecule has 1 saturated carbocycles. The molecule has 0 radical (unpaired) electrons. The predicted octanol–water partition coefficient (Wildman–Crippen LogP) is 3.43. The van der Waals surface area contributed by atoms with Crippen LogP contribution in [0.15, 0.2) is 18.2 Å². The number of nitrogens with zero attached hydrogens (tertiary/aromatic N) is 1.